The lowest BCUT2D eigenvalue weighted by Crippen LogP contribution is -2.40. The third kappa shape index (κ3) is 3.67. The molecule has 8 heteroatoms. The van der Waals surface area contributed by atoms with Gasteiger partial charge in [0.05, 0.1) is 11.6 Å². The van der Waals surface area contributed by atoms with Gasteiger partial charge >= 0.3 is 0 Å². The van der Waals surface area contributed by atoms with Gasteiger partial charge in [0.1, 0.15) is 5.69 Å². The number of amides is 1. The fourth-order valence-corrected chi connectivity index (χ4v) is 4.12. The van der Waals surface area contributed by atoms with Crippen molar-refractivity contribution in [1.82, 2.24) is 19.2 Å². The van der Waals surface area contributed by atoms with Crippen molar-refractivity contribution in [3.63, 3.8) is 0 Å². The van der Waals surface area contributed by atoms with Crippen molar-refractivity contribution < 1.29 is 13.2 Å². The number of hydrogen-bond acceptors (Lipinski definition) is 4. The first kappa shape index (κ1) is 17.0. The van der Waals surface area contributed by atoms with Gasteiger partial charge in [-0.15, -0.1) is 0 Å². The van der Waals surface area contributed by atoms with Crippen molar-refractivity contribution in [3.8, 4) is 0 Å². The van der Waals surface area contributed by atoms with Crippen LogP contribution < -0.4 is 4.72 Å². The summed E-state index contributed by atoms with van der Waals surface area (Å²) in [5.41, 5.74) is 0.364. The number of sulfonamides is 1. The van der Waals surface area contributed by atoms with Crippen molar-refractivity contribution in [1.29, 1.82) is 0 Å². The van der Waals surface area contributed by atoms with Crippen LogP contribution in [-0.4, -0.2) is 53.2 Å². The molecule has 1 saturated heterocycles. The molecule has 0 saturated carbocycles. The summed E-state index contributed by atoms with van der Waals surface area (Å²) in [5.74, 6) is -0.207. The van der Waals surface area contributed by atoms with Crippen LogP contribution in [0.1, 0.15) is 50.6 Å². The number of rotatable bonds is 5. The molecule has 0 bridgehead atoms. The Morgan fingerprint density at radius 2 is 2.05 bits per heavy atom. The van der Waals surface area contributed by atoms with E-state index < -0.39 is 15.3 Å². The average molecular weight is 328 g/mol. The van der Waals surface area contributed by atoms with E-state index in [-0.39, 0.29) is 24.5 Å². The molecule has 2 heterocycles. The number of aromatic nitrogens is 2. The van der Waals surface area contributed by atoms with Crippen LogP contribution in [0.25, 0.3) is 0 Å². The summed E-state index contributed by atoms with van der Waals surface area (Å²) >= 11 is 0. The lowest BCUT2D eigenvalue weighted by atomic mass is 10.3. The molecule has 22 heavy (non-hydrogen) atoms. The van der Waals surface area contributed by atoms with Gasteiger partial charge in [-0.1, -0.05) is 0 Å². The summed E-state index contributed by atoms with van der Waals surface area (Å²) in [4.78, 5) is 18.1. The minimum atomic E-state index is -3.39. The maximum absolute atomic E-state index is 12.4. The van der Waals surface area contributed by atoms with E-state index >= 15 is 0 Å². The van der Waals surface area contributed by atoms with E-state index in [0.717, 1.165) is 0 Å². The van der Waals surface area contributed by atoms with E-state index in [0.29, 0.717) is 18.7 Å². The van der Waals surface area contributed by atoms with Crippen molar-refractivity contribution in [2.24, 2.45) is 0 Å². The van der Waals surface area contributed by atoms with Gasteiger partial charge in [-0.25, -0.2) is 18.1 Å². The van der Waals surface area contributed by atoms with Crippen LogP contribution in [0.3, 0.4) is 0 Å². The third-order valence-corrected chi connectivity index (χ3v) is 5.75. The largest absolute Gasteiger partial charge is 0.336 e. The topological polar surface area (TPSA) is 84.3 Å². The van der Waals surface area contributed by atoms with Crippen LogP contribution in [0, 0.1) is 0 Å². The van der Waals surface area contributed by atoms with Gasteiger partial charge in [0.2, 0.25) is 10.0 Å². The standard InChI is InChI=1S/C14H24N4O3S/c1-10(2)16-22(20,21)12-5-6-17(7-12)14(19)13-8-18(9-15-13)11(3)4/h8-12,16H,5-7H2,1-4H3. The Balaban J connectivity index is 2.04. The Kier molecular flexibility index (Phi) is 4.91. The zero-order valence-corrected chi connectivity index (χ0v) is 14.3. The molecule has 0 spiro atoms. The highest BCUT2D eigenvalue weighted by Crippen LogP contribution is 2.19. The lowest BCUT2D eigenvalue weighted by molar-refractivity contribution is 0.0788. The zero-order chi connectivity index (χ0) is 16.5. The molecule has 1 unspecified atom stereocenters. The molecule has 1 amide bonds. The Morgan fingerprint density at radius 3 is 2.59 bits per heavy atom. The molecule has 1 fully saturated rings. The van der Waals surface area contributed by atoms with Crippen molar-refractivity contribution in [2.45, 2.75) is 51.4 Å². The monoisotopic (exact) mass is 328 g/mol. The predicted molar refractivity (Wildman–Crippen MR) is 84.1 cm³/mol. The first-order valence-electron chi connectivity index (χ1n) is 7.54. The van der Waals surface area contributed by atoms with Crippen molar-refractivity contribution in [3.05, 3.63) is 18.2 Å². The summed E-state index contributed by atoms with van der Waals surface area (Å²) in [6.07, 6.45) is 3.79. The lowest BCUT2D eigenvalue weighted by Gasteiger charge is -2.17. The molecule has 2 rings (SSSR count). The van der Waals surface area contributed by atoms with Crippen LogP contribution >= 0.6 is 0 Å². The number of hydrogen-bond donors (Lipinski definition) is 1. The number of nitrogens with zero attached hydrogens (tertiary/aromatic N) is 3. The number of carbonyl (C=O) groups is 1. The quantitative estimate of drug-likeness (QED) is 0.874. The zero-order valence-electron chi connectivity index (χ0n) is 13.5. The third-order valence-electron chi connectivity index (χ3n) is 3.69. The van der Waals surface area contributed by atoms with Crippen LogP contribution in [0.15, 0.2) is 12.5 Å². The van der Waals surface area contributed by atoms with Gasteiger partial charge in [-0.2, -0.15) is 0 Å². The number of carbonyl (C=O) groups excluding carboxylic acids is 1. The molecule has 1 aliphatic heterocycles. The van der Waals surface area contributed by atoms with Crippen LogP contribution in [0.4, 0.5) is 0 Å². The number of nitrogens with one attached hydrogen (secondary N) is 1. The molecule has 1 N–H and O–H groups in total. The fourth-order valence-electron chi connectivity index (χ4n) is 2.48. The molecule has 0 radical (unpaired) electrons. The second kappa shape index (κ2) is 6.37. The molecule has 1 aromatic rings. The smallest absolute Gasteiger partial charge is 0.274 e. The fraction of sp³-hybridized carbons (Fsp3) is 0.714. The van der Waals surface area contributed by atoms with E-state index in [1.807, 2.05) is 18.4 Å². The first-order chi connectivity index (χ1) is 10.2. The summed E-state index contributed by atoms with van der Waals surface area (Å²) in [5, 5.41) is -0.550. The van der Waals surface area contributed by atoms with E-state index in [4.69, 9.17) is 0 Å². The SMILES string of the molecule is CC(C)NS(=O)(=O)C1CCN(C(=O)c2cn(C(C)C)cn2)C1. The molecule has 0 aromatic carbocycles. The van der Waals surface area contributed by atoms with Crippen LogP contribution in [-0.2, 0) is 10.0 Å². The minimum absolute atomic E-state index is 0.142. The van der Waals surface area contributed by atoms with Gasteiger partial charge in [0.15, 0.2) is 0 Å². The van der Waals surface area contributed by atoms with E-state index in [1.54, 1.807) is 31.3 Å². The van der Waals surface area contributed by atoms with Crippen molar-refractivity contribution >= 4 is 15.9 Å². The van der Waals surface area contributed by atoms with Gasteiger partial charge < -0.3 is 9.47 Å². The van der Waals surface area contributed by atoms with Crippen molar-refractivity contribution in [2.75, 3.05) is 13.1 Å². The maximum Gasteiger partial charge on any atom is 0.274 e. The molecule has 1 aliphatic rings. The Bertz CT molecular complexity index is 636. The summed E-state index contributed by atoms with van der Waals surface area (Å²) in [7, 11) is -3.39. The van der Waals surface area contributed by atoms with E-state index in [9.17, 15) is 13.2 Å². The number of likely N-dealkylation sites (tertiary alicyclic amines) is 1. The average Bonchev–Trinajstić information content (AvgIpc) is 3.06. The Morgan fingerprint density at radius 1 is 1.36 bits per heavy atom. The van der Waals surface area contributed by atoms with Gasteiger partial charge in [0, 0.05) is 31.4 Å². The highest BCUT2D eigenvalue weighted by Gasteiger charge is 2.36. The van der Waals surface area contributed by atoms with E-state index in [2.05, 4.69) is 9.71 Å². The molecule has 1 atom stereocenters. The summed E-state index contributed by atoms with van der Waals surface area (Å²) in [6, 6.07) is 0.0903. The first-order valence-corrected chi connectivity index (χ1v) is 9.09. The van der Waals surface area contributed by atoms with E-state index in [1.165, 1.54) is 0 Å². The maximum atomic E-state index is 12.4. The van der Waals surface area contributed by atoms with Gasteiger partial charge in [0.25, 0.3) is 5.91 Å². The van der Waals surface area contributed by atoms with Gasteiger partial charge in [-0.3, -0.25) is 4.79 Å². The molecule has 1 aromatic heterocycles. The number of imidazole rings is 1. The Labute approximate surface area is 131 Å². The normalized spacial score (nSPS) is 19.4. The summed E-state index contributed by atoms with van der Waals surface area (Å²) < 4.78 is 28.8. The highest BCUT2D eigenvalue weighted by atomic mass is 32.2. The molecular formula is C14H24N4O3S. The molecular weight excluding hydrogens is 304 g/mol. The highest BCUT2D eigenvalue weighted by molar-refractivity contribution is 7.90. The summed E-state index contributed by atoms with van der Waals surface area (Å²) in [6.45, 7) is 8.24. The molecule has 0 aliphatic carbocycles. The minimum Gasteiger partial charge on any atom is -0.336 e. The van der Waals surface area contributed by atoms with Gasteiger partial charge in [-0.05, 0) is 34.1 Å². The van der Waals surface area contributed by atoms with Crippen LogP contribution in [0.2, 0.25) is 0 Å². The second-order valence-electron chi connectivity index (χ2n) is 6.28. The Hall–Kier alpha value is -1.41. The second-order valence-corrected chi connectivity index (χ2v) is 8.27. The van der Waals surface area contributed by atoms with Crippen LogP contribution in [0.5, 0.6) is 0 Å². The predicted octanol–water partition coefficient (Wildman–Crippen LogP) is 1.01. The molecule has 124 valence electrons. The molecule has 7 nitrogen and oxygen atoms in total.